The summed E-state index contributed by atoms with van der Waals surface area (Å²) in [6.45, 7) is 2.01. The Hall–Kier alpha value is -2.45. The van der Waals surface area contributed by atoms with Crippen molar-refractivity contribution >= 4 is 33.2 Å². The molecule has 1 heterocycles. The molecule has 2 atom stereocenters. The van der Waals surface area contributed by atoms with Crippen LogP contribution in [0.2, 0.25) is 5.02 Å². The summed E-state index contributed by atoms with van der Waals surface area (Å²) in [5.74, 6) is 0.826. The zero-order valence-electron chi connectivity index (χ0n) is 15.5. The third-order valence-corrected chi connectivity index (χ3v) is 5.73. The molecule has 3 rings (SSSR count). The van der Waals surface area contributed by atoms with Crippen molar-refractivity contribution in [1.82, 2.24) is 5.32 Å². The maximum Gasteiger partial charge on any atom is 0.243 e. The number of carbonyl (C=O) groups excluding carboxylic acids is 1. The Labute approximate surface area is 169 Å². The van der Waals surface area contributed by atoms with Gasteiger partial charge in [0.05, 0.1) is 18.5 Å². The average molecular weight is 425 g/mol. The molecular formula is C19H21ClN2O5S. The predicted molar refractivity (Wildman–Crippen MR) is 108 cm³/mol. The van der Waals surface area contributed by atoms with Gasteiger partial charge in [-0.2, -0.15) is 0 Å². The molecule has 0 saturated carbocycles. The number of carbonyl (C=O) groups is 1. The van der Waals surface area contributed by atoms with Crippen molar-refractivity contribution in [3.05, 3.63) is 53.6 Å². The van der Waals surface area contributed by atoms with Crippen molar-refractivity contribution in [2.24, 2.45) is 0 Å². The molecule has 9 heteroatoms. The first-order valence-corrected chi connectivity index (χ1v) is 10.9. The second-order valence-electron chi connectivity index (χ2n) is 6.45. The molecular weight excluding hydrogens is 404 g/mol. The van der Waals surface area contributed by atoms with Gasteiger partial charge in [-0.15, -0.1) is 0 Å². The Kier molecular flexibility index (Phi) is 6.00. The summed E-state index contributed by atoms with van der Waals surface area (Å²) in [6, 6.07) is 12.6. The Bertz CT molecular complexity index is 949. The Morgan fingerprint density at radius 3 is 2.50 bits per heavy atom. The summed E-state index contributed by atoms with van der Waals surface area (Å²) in [5.41, 5.74) is 0.362. The number of benzene rings is 2. The summed E-state index contributed by atoms with van der Waals surface area (Å²) < 4.78 is 37.0. The molecule has 0 unspecified atom stereocenters. The van der Waals surface area contributed by atoms with Gasteiger partial charge in [-0.25, -0.2) is 8.42 Å². The summed E-state index contributed by atoms with van der Waals surface area (Å²) in [4.78, 5) is 12.6. The fourth-order valence-electron chi connectivity index (χ4n) is 2.92. The molecule has 1 amide bonds. The Balaban J connectivity index is 1.66. The van der Waals surface area contributed by atoms with Gasteiger partial charge in [0.1, 0.15) is 18.8 Å². The highest BCUT2D eigenvalue weighted by atomic mass is 35.5. The van der Waals surface area contributed by atoms with Gasteiger partial charge < -0.3 is 14.8 Å². The van der Waals surface area contributed by atoms with Gasteiger partial charge in [-0.1, -0.05) is 23.7 Å². The fourth-order valence-corrected chi connectivity index (χ4v) is 4.22. The lowest BCUT2D eigenvalue weighted by atomic mass is 10.2. The number of ether oxygens (including phenoxy) is 2. The van der Waals surface area contributed by atoms with Gasteiger partial charge in [0.25, 0.3) is 0 Å². The molecule has 0 fully saturated rings. The normalized spacial score (nSPS) is 16.9. The zero-order chi connectivity index (χ0) is 20.3. The van der Waals surface area contributed by atoms with Crippen LogP contribution in [-0.4, -0.2) is 45.9 Å². The third-order valence-electron chi connectivity index (χ3n) is 4.24. The van der Waals surface area contributed by atoms with E-state index < -0.39 is 22.0 Å². The second-order valence-corrected chi connectivity index (χ2v) is 8.75. The van der Waals surface area contributed by atoms with Crippen molar-refractivity contribution in [3.8, 4) is 11.5 Å². The van der Waals surface area contributed by atoms with E-state index in [1.165, 1.54) is 6.92 Å². The lowest BCUT2D eigenvalue weighted by Crippen LogP contribution is -2.50. The van der Waals surface area contributed by atoms with Crippen LogP contribution >= 0.6 is 11.6 Å². The van der Waals surface area contributed by atoms with Crippen LogP contribution in [0.4, 0.5) is 5.69 Å². The van der Waals surface area contributed by atoms with Crippen LogP contribution in [0.3, 0.4) is 0 Å². The highest BCUT2D eigenvalue weighted by Crippen LogP contribution is 2.30. The molecule has 28 heavy (non-hydrogen) atoms. The van der Waals surface area contributed by atoms with E-state index in [4.69, 9.17) is 21.1 Å². The number of fused-ring (bicyclic) bond motifs is 1. The van der Waals surface area contributed by atoms with Gasteiger partial charge in [-0.3, -0.25) is 9.10 Å². The van der Waals surface area contributed by atoms with Crippen molar-refractivity contribution < 1.29 is 22.7 Å². The number of amides is 1. The quantitative estimate of drug-likeness (QED) is 0.769. The number of rotatable bonds is 6. The second kappa shape index (κ2) is 8.28. The maximum absolute atomic E-state index is 12.6. The molecule has 0 aliphatic carbocycles. The van der Waals surface area contributed by atoms with Crippen molar-refractivity contribution in [2.75, 3.05) is 23.7 Å². The molecule has 2 aromatic rings. The average Bonchev–Trinajstić information content (AvgIpc) is 2.66. The molecule has 1 N–H and O–H groups in total. The molecule has 0 radical (unpaired) electrons. The summed E-state index contributed by atoms with van der Waals surface area (Å²) in [5, 5.41) is 3.22. The number of nitrogens with zero attached hydrogens (tertiary/aromatic N) is 1. The smallest absolute Gasteiger partial charge is 0.243 e. The molecule has 1 aliphatic rings. The highest BCUT2D eigenvalue weighted by molar-refractivity contribution is 7.92. The monoisotopic (exact) mass is 424 g/mol. The van der Waals surface area contributed by atoms with Crippen molar-refractivity contribution in [2.45, 2.75) is 19.1 Å². The van der Waals surface area contributed by atoms with E-state index in [1.807, 2.05) is 18.2 Å². The van der Waals surface area contributed by atoms with E-state index in [0.717, 1.165) is 10.6 Å². The number of hydrogen-bond donors (Lipinski definition) is 1. The van der Waals surface area contributed by atoms with Crippen LogP contribution in [0.15, 0.2) is 48.5 Å². The molecule has 1 aliphatic heterocycles. The minimum absolute atomic E-state index is 0.190. The summed E-state index contributed by atoms with van der Waals surface area (Å²) in [6.07, 6.45) is 0.689. The number of sulfonamides is 1. The summed E-state index contributed by atoms with van der Waals surface area (Å²) in [7, 11) is -3.68. The molecule has 150 valence electrons. The van der Waals surface area contributed by atoms with E-state index in [0.29, 0.717) is 28.8 Å². The molecule has 7 nitrogen and oxygen atoms in total. The fraction of sp³-hybridized carbons (Fsp3) is 0.316. The third kappa shape index (κ3) is 4.69. The highest BCUT2D eigenvalue weighted by Gasteiger charge is 2.30. The van der Waals surface area contributed by atoms with Crippen LogP contribution in [0.1, 0.15) is 6.92 Å². The molecule has 0 spiro atoms. The Morgan fingerprint density at radius 1 is 1.21 bits per heavy atom. The minimum atomic E-state index is -3.68. The minimum Gasteiger partial charge on any atom is -0.486 e. The lowest BCUT2D eigenvalue weighted by Gasteiger charge is -2.30. The molecule has 0 bridgehead atoms. The van der Waals surface area contributed by atoms with Crippen LogP contribution in [0.5, 0.6) is 11.5 Å². The molecule has 2 aromatic carbocycles. The van der Waals surface area contributed by atoms with Gasteiger partial charge in [-0.05, 0) is 43.3 Å². The van der Waals surface area contributed by atoms with Crippen LogP contribution in [0, 0.1) is 0 Å². The van der Waals surface area contributed by atoms with Crippen LogP contribution in [0.25, 0.3) is 0 Å². The van der Waals surface area contributed by atoms with E-state index >= 15 is 0 Å². The zero-order valence-corrected chi connectivity index (χ0v) is 17.0. The van der Waals surface area contributed by atoms with Gasteiger partial charge >= 0.3 is 0 Å². The molecule has 0 aromatic heterocycles. The van der Waals surface area contributed by atoms with Gasteiger partial charge in [0.2, 0.25) is 15.9 Å². The Morgan fingerprint density at radius 2 is 1.86 bits per heavy atom. The molecule has 0 saturated heterocycles. The van der Waals surface area contributed by atoms with E-state index in [1.54, 1.807) is 30.3 Å². The first-order valence-electron chi connectivity index (χ1n) is 8.67. The van der Waals surface area contributed by atoms with Gasteiger partial charge in [0, 0.05) is 5.02 Å². The lowest BCUT2D eigenvalue weighted by molar-refractivity contribution is -0.122. The van der Waals surface area contributed by atoms with E-state index in [2.05, 4.69) is 5.32 Å². The number of hydrogen-bond acceptors (Lipinski definition) is 5. The predicted octanol–water partition coefficient (Wildman–Crippen LogP) is 2.45. The maximum atomic E-state index is 12.6. The standard InChI is InChI=1S/C19H21ClN2O5S/c1-13(22(28(2,24)25)15-9-7-14(20)8-10-15)19(23)21-11-16-12-26-17-5-3-4-6-18(17)27-16/h3-10,13,16H,11-12H2,1-2H3,(H,21,23)/t13-,16+/m1/s1. The van der Waals surface area contributed by atoms with Crippen molar-refractivity contribution in [1.29, 1.82) is 0 Å². The van der Waals surface area contributed by atoms with Crippen LogP contribution < -0.4 is 19.1 Å². The summed E-state index contributed by atoms with van der Waals surface area (Å²) >= 11 is 5.87. The number of halogens is 1. The topological polar surface area (TPSA) is 84.9 Å². The van der Waals surface area contributed by atoms with E-state index in [9.17, 15) is 13.2 Å². The van der Waals surface area contributed by atoms with Crippen molar-refractivity contribution in [3.63, 3.8) is 0 Å². The van der Waals surface area contributed by atoms with Gasteiger partial charge in [0.15, 0.2) is 11.5 Å². The van der Waals surface area contributed by atoms with Crippen LogP contribution in [-0.2, 0) is 14.8 Å². The first kappa shape index (κ1) is 20.3. The largest absolute Gasteiger partial charge is 0.486 e. The first-order chi connectivity index (χ1) is 13.3. The number of nitrogens with one attached hydrogen (secondary N) is 1. The van der Waals surface area contributed by atoms with E-state index in [-0.39, 0.29) is 12.6 Å². The number of para-hydroxylation sites is 2. The number of anilines is 1. The SMILES string of the molecule is C[C@H](C(=O)NC[C@H]1COc2ccccc2O1)N(c1ccc(Cl)cc1)S(C)(=O)=O.